The fourth-order valence-electron chi connectivity index (χ4n) is 4.01. The largest absolute Gasteiger partial charge is 0.497 e. The summed E-state index contributed by atoms with van der Waals surface area (Å²) in [5, 5.41) is 8.95. The van der Waals surface area contributed by atoms with E-state index in [-0.39, 0.29) is 5.91 Å². The Morgan fingerprint density at radius 2 is 1.50 bits per heavy atom. The van der Waals surface area contributed by atoms with Crippen LogP contribution < -0.4 is 15.0 Å². The average molecular weight is 459 g/mol. The van der Waals surface area contributed by atoms with Gasteiger partial charge < -0.3 is 14.4 Å². The number of hydrogen-bond acceptors (Lipinski definition) is 5. The maximum atomic E-state index is 13.7. The van der Waals surface area contributed by atoms with E-state index in [1.54, 1.807) is 36.7 Å². The van der Waals surface area contributed by atoms with E-state index in [1.807, 2.05) is 60.7 Å². The van der Waals surface area contributed by atoms with E-state index < -0.39 is 5.91 Å². The minimum atomic E-state index is -0.579. The van der Waals surface area contributed by atoms with Gasteiger partial charge >= 0.3 is 0 Å². The summed E-state index contributed by atoms with van der Waals surface area (Å²) >= 11 is 0. The van der Waals surface area contributed by atoms with Crippen molar-refractivity contribution >= 4 is 23.5 Å². The summed E-state index contributed by atoms with van der Waals surface area (Å²) in [6.07, 6.45) is 2.55. The van der Waals surface area contributed by atoms with Gasteiger partial charge in [-0.15, -0.1) is 0 Å². The van der Waals surface area contributed by atoms with E-state index >= 15 is 0 Å². The molecule has 0 aliphatic carbocycles. The number of rotatable bonds is 6. The van der Waals surface area contributed by atoms with Gasteiger partial charge in [0.15, 0.2) is 0 Å². The average Bonchev–Trinajstić information content (AvgIpc) is 2.90. The molecule has 2 N–H and O–H groups in total. The fraction of sp³-hybridized carbons (Fsp3) is 0.185. The fourth-order valence-corrected chi connectivity index (χ4v) is 4.01. The van der Waals surface area contributed by atoms with Crippen LogP contribution in [0.4, 0.5) is 0 Å². The van der Waals surface area contributed by atoms with Crippen LogP contribution in [-0.2, 0) is 17.8 Å². The molecule has 0 radical (unpaired) electrons. The van der Waals surface area contributed by atoms with E-state index in [9.17, 15) is 9.59 Å². The van der Waals surface area contributed by atoms with E-state index in [4.69, 9.17) is 14.7 Å². The van der Waals surface area contributed by atoms with Crippen LogP contribution in [0.3, 0.4) is 0 Å². The van der Waals surface area contributed by atoms with Gasteiger partial charge in [0, 0.05) is 24.2 Å². The van der Waals surface area contributed by atoms with Crippen LogP contribution in [0.25, 0.3) is 11.6 Å². The van der Waals surface area contributed by atoms with E-state index in [0.717, 1.165) is 28.0 Å². The van der Waals surface area contributed by atoms with Crippen molar-refractivity contribution in [2.24, 2.45) is 0 Å². The van der Waals surface area contributed by atoms with Gasteiger partial charge in [0.1, 0.15) is 11.5 Å². The third kappa shape index (κ3) is 4.94. The normalized spacial score (nSPS) is 13.1. The van der Waals surface area contributed by atoms with Gasteiger partial charge in [-0.3, -0.25) is 14.8 Å². The van der Waals surface area contributed by atoms with Gasteiger partial charge in [0.25, 0.3) is 11.8 Å². The molecule has 7 heteroatoms. The lowest BCUT2D eigenvalue weighted by Gasteiger charge is -2.30. The molecule has 174 valence electrons. The van der Waals surface area contributed by atoms with Crippen molar-refractivity contribution in [3.8, 4) is 11.5 Å². The van der Waals surface area contributed by atoms with Gasteiger partial charge in [-0.1, -0.05) is 30.3 Å². The molecule has 0 spiro atoms. The second-order valence-electron chi connectivity index (χ2n) is 7.96. The highest BCUT2D eigenvalue weighted by Gasteiger charge is 2.25. The van der Waals surface area contributed by atoms with Crippen molar-refractivity contribution < 1.29 is 24.3 Å². The second kappa shape index (κ2) is 10.2. The van der Waals surface area contributed by atoms with Crippen LogP contribution in [0.5, 0.6) is 11.5 Å². The highest BCUT2D eigenvalue weighted by molar-refractivity contribution is 6.24. The topological polar surface area (TPSA) is 88.1 Å². The molecule has 0 bridgehead atoms. The van der Waals surface area contributed by atoms with E-state index in [1.165, 1.54) is 0 Å². The number of nitrogens with zero attached hydrogens (tertiary/aromatic N) is 1. The lowest BCUT2D eigenvalue weighted by molar-refractivity contribution is -0.125. The van der Waals surface area contributed by atoms with Crippen LogP contribution >= 0.6 is 0 Å². The number of carbonyl (C=O) groups excluding carboxylic acids is 2. The molecule has 34 heavy (non-hydrogen) atoms. The van der Waals surface area contributed by atoms with Crippen LogP contribution in [0.1, 0.15) is 32.6 Å². The van der Waals surface area contributed by atoms with Crippen molar-refractivity contribution in [1.29, 1.82) is 0 Å². The Bertz CT molecular complexity index is 1220. The first kappa shape index (κ1) is 23.1. The van der Waals surface area contributed by atoms with Crippen LogP contribution in [0.15, 0.2) is 66.7 Å². The first-order valence-electron chi connectivity index (χ1n) is 10.9. The molecule has 0 atom stereocenters. The molecular weight excluding hydrogens is 432 g/mol. The number of amides is 2. The number of benzene rings is 3. The summed E-state index contributed by atoms with van der Waals surface area (Å²) in [6, 6.07) is 20.2. The quantitative estimate of drug-likeness (QED) is 0.253. The number of methoxy groups -OCH3 is 2. The van der Waals surface area contributed by atoms with Crippen molar-refractivity contribution in [3.05, 3.63) is 94.5 Å². The number of hydroxylamine groups is 1. The molecule has 0 fully saturated rings. The monoisotopic (exact) mass is 458 g/mol. The third-order valence-corrected chi connectivity index (χ3v) is 5.93. The Kier molecular flexibility index (Phi) is 6.94. The van der Waals surface area contributed by atoms with Gasteiger partial charge in [-0.05, 0) is 71.1 Å². The molecular formula is C27H26N2O5. The minimum absolute atomic E-state index is 0.108. The van der Waals surface area contributed by atoms with Crippen LogP contribution in [0.2, 0.25) is 0 Å². The SMILES string of the molecule is COc1ccc(/C=C(/C(=O)N2CCc3ccc(C(=O)NO)cc3C2)c2ccc(OC)cc2)cc1. The van der Waals surface area contributed by atoms with Crippen molar-refractivity contribution in [3.63, 3.8) is 0 Å². The van der Waals surface area contributed by atoms with Crippen LogP contribution in [0, 0.1) is 0 Å². The summed E-state index contributed by atoms with van der Waals surface area (Å²) in [4.78, 5) is 27.4. The Labute approximate surface area is 198 Å². The summed E-state index contributed by atoms with van der Waals surface area (Å²) in [7, 11) is 3.21. The van der Waals surface area contributed by atoms with Crippen molar-refractivity contribution in [1.82, 2.24) is 10.4 Å². The van der Waals surface area contributed by atoms with Gasteiger partial charge in [-0.2, -0.15) is 0 Å². The first-order valence-corrected chi connectivity index (χ1v) is 10.9. The molecule has 3 aromatic rings. The predicted molar refractivity (Wildman–Crippen MR) is 129 cm³/mol. The smallest absolute Gasteiger partial charge is 0.274 e. The predicted octanol–water partition coefficient (Wildman–Crippen LogP) is 3.95. The minimum Gasteiger partial charge on any atom is -0.497 e. The standard InChI is InChI=1S/C27H26N2O5/c1-33-23-9-3-18(4-10-23)15-25(20-7-11-24(34-2)12-8-20)27(31)29-14-13-19-5-6-21(26(30)28-32)16-22(19)17-29/h3-12,15-16,32H,13-14,17H2,1-2H3,(H,28,30)/b25-15+. The maximum absolute atomic E-state index is 13.7. The Balaban J connectivity index is 1.67. The molecule has 1 aliphatic heterocycles. The highest BCUT2D eigenvalue weighted by Crippen LogP contribution is 2.28. The molecule has 1 aliphatic rings. The molecule has 4 rings (SSSR count). The Morgan fingerprint density at radius 1 is 0.882 bits per heavy atom. The van der Waals surface area contributed by atoms with Gasteiger partial charge in [0.2, 0.25) is 0 Å². The number of nitrogens with one attached hydrogen (secondary N) is 1. The summed E-state index contributed by atoms with van der Waals surface area (Å²) in [5.41, 5.74) is 6.19. The molecule has 0 aromatic heterocycles. The number of ether oxygens (including phenoxy) is 2. The lowest BCUT2D eigenvalue weighted by Crippen LogP contribution is -2.36. The summed E-state index contributed by atoms with van der Waals surface area (Å²) in [5.74, 6) is 0.764. The van der Waals surface area contributed by atoms with Crippen molar-refractivity contribution in [2.75, 3.05) is 20.8 Å². The van der Waals surface area contributed by atoms with E-state index in [2.05, 4.69) is 0 Å². The Morgan fingerprint density at radius 3 is 2.12 bits per heavy atom. The van der Waals surface area contributed by atoms with Crippen LogP contribution in [-0.4, -0.2) is 42.7 Å². The molecule has 2 amide bonds. The Hall–Kier alpha value is -4.10. The van der Waals surface area contributed by atoms with Gasteiger partial charge in [0.05, 0.1) is 14.2 Å². The van der Waals surface area contributed by atoms with E-state index in [0.29, 0.717) is 36.4 Å². The first-order chi connectivity index (χ1) is 16.5. The van der Waals surface area contributed by atoms with Crippen molar-refractivity contribution in [2.45, 2.75) is 13.0 Å². The molecule has 7 nitrogen and oxygen atoms in total. The zero-order valence-corrected chi connectivity index (χ0v) is 19.1. The summed E-state index contributed by atoms with van der Waals surface area (Å²) in [6.45, 7) is 0.935. The molecule has 1 heterocycles. The zero-order chi connectivity index (χ0) is 24.1. The lowest BCUT2D eigenvalue weighted by atomic mass is 9.95. The molecule has 0 unspecified atom stereocenters. The highest BCUT2D eigenvalue weighted by atomic mass is 16.5. The maximum Gasteiger partial charge on any atom is 0.274 e. The summed E-state index contributed by atoms with van der Waals surface area (Å²) < 4.78 is 10.5. The number of carbonyl (C=O) groups is 2. The molecule has 0 saturated heterocycles. The second-order valence-corrected chi connectivity index (χ2v) is 7.96. The third-order valence-electron chi connectivity index (χ3n) is 5.93. The van der Waals surface area contributed by atoms with Gasteiger partial charge in [-0.25, -0.2) is 5.48 Å². The number of hydrogen-bond donors (Lipinski definition) is 2. The molecule has 3 aromatic carbocycles. The molecule has 0 saturated carbocycles. The zero-order valence-electron chi connectivity index (χ0n) is 19.1. The number of fused-ring (bicyclic) bond motifs is 1.